The molecule has 0 bridgehead atoms. The van der Waals surface area contributed by atoms with Gasteiger partial charge in [0.2, 0.25) is 11.8 Å². The minimum absolute atomic E-state index is 0.0188. The lowest BCUT2D eigenvalue weighted by atomic mass is 10.0. The van der Waals surface area contributed by atoms with Crippen molar-refractivity contribution >= 4 is 22.6 Å². The normalized spacial score (nSPS) is 17.0. The van der Waals surface area contributed by atoms with Crippen LogP contribution >= 0.6 is 0 Å². The molecular weight excluding hydrogens is 304 g/mol. The van der Waals surface area contributed by atoms with Gasteiger partial charge < -0.3 is 15.3 Å². The lowest BCUT2D eigenvalue weighted by molar-refractivity contribution is -0.136. The number of carbonyl (C=O) groups excluding carboxylic acids is 2. The molecule has 2 aromatic rings. The quantitative estimate of drug-likeness (QED) is 0.849. The van der Waals surface area contributed by atoms with Gasteiger partial charge in [-0.25, -0.2) is 0 Å². The number of hydrogen-bond donors (Lipinski definition) is 2. The van der Waals surface area contributed by atoms with E-state index in [1.807, 2.05) is 24.3 Å². The predicted octanol–water partition coefficient (Wildman–Crippen LogP) is 1.69. The molecule has 1 saturated heterocycles. The summed E-state index contributed by atoms with van der Waals surface area (Å²) in [5.41, 5.74) is 1.08. The van der Waals surface area contributed by atoms with Gasteiger partial charge in [-0.2, -0.15) is 0 Å². The fourth-order valence-corrected chi connectivity index (χ4v) is 3.20. The number of nitrogens with one attached hydrogen (secondary N) is 1. The molecule has 1 heterocycles. The van der Waals surface area contributed by atoms with E-state index in [9.17, 15) is 9.59 Å². The van der Waals surface area contributed by atoms with Crippen molar-refractivity contribution in [2.24, 2.45) is 5.92 Å². The van der Waals surface area contributed by atoms with Crippen LogP contribution < -0.4 is 5.32 Å². The molecule has 0 saturated carbocycles. The molecule has 3 rings (SSSR count). The second-order valence-corrected chi connectivity index (χ2v) is 6.18. The van der Waals surface area contributed by atoms with Gasteiger partial charge in [0.25, 0.3) is 0 Å². The molecule has 24 heavy (non-hydrogen) atoms. The predicted molar refractivity (Wildman–Crippen MR) is 92.2 cm³/mol. The molecule has 0 radical (unpaired) electrons. The average Bonchev–Trinajstić information content (AvgIpc) is 3.04. The molecule has 0 aliphatic carbocycles. The monoisotopic (exact) mass is 326 g/mol. The summed E-state index contributed by atoms with van der Waals surface area (Å²) in [6.45, 7) is 1.43. The fraction of sp³-hybridized carbons (Fsp3) is 0.368. The molecule has 126 valence electrons. The maximum Gasteiger partial charge on any atom is 0.228 e. The number of benzene rings is 2. The van der Waals surface area contributed by atoms with Crippen LogP contribution in [0.4, 0.5) is 0 Å². The van der Waals surface area contributed by atoms with Crippen molar-refractivity contribution in [1.29, 1.82) is 0 Å². The lowest BCUT2D eigenvalue weighted by Crippen LogP contribution is -2.37. The third kappa shape index (κ3) is 3.57. The summed E-state index contributed by atoms with van der Waals surface area (Å²) in [6.07, 6.45) is 0.786. The molecule has 1 unspecified atom stereocenters. The summed E-state index contributed by atoms with van der Waals surface area (Å²) in [4.78, 5) is 26.0. The average molecular weight is 326 g/mol. The van der Waals surface area contributed by atoms with Crippen LogP contribution in [0.1, 0.15) is 18.4 Å². The van der Waals surface area contributed by atoms with Crippen LogP contribution in [0.25, 0.3) is 10.8 Å². The van der Waals surface area contributed by atoms with Gasteiger partial charge in [0.05, 0.1) is 5.92 Å². The first-order chi connectivity index (χ1) is 11.7. The zero-order valence-corrected chi connectivity index (χ0v) is 13.6. The van der Waals surface area contributed by atoms with Crippen LogP contribution in [0.3, 0.4) is 0 Å². The van der Waals surface area contributed by atoms with E-state index in [2.05, 4.69) is 23.5 Å². The summed E-state index contributed by atoms with van der Waals surface area (Å²) < 4.78 is 0. The highest BCUT2D eigenvalue weighted by atomic mass is 16.3. The smallest absolute Gasteiger partial charge is 0.228 e. The molecule has 1 aliphatic rings. The van der Waals surface area contributed by atoms with Crippen molar-refractivity contribution in [2.75, 3.05) is 19.7 Å². The Kier molecular flexibility index (Phi) is 5.11. The Bertz CT molecular complexity index is 739. The minimum Gasteiger partial charge on any atom is -0.396 e. The van der Waals surface area contributed by atoms with Gasteiger partial charge in [-0.15, -0.1) is 0 Å². The van der Waals surface area contributed by atoms with Crippen molar-refractivity contribution in [3.8, 4) is 0 Å². The van der Waals surface area contributed by atoms with E-state index in [0.29, 0.717) is 26.1 Å². The number of fused-ring (bicyclic) bond motifs is 1. The second kappa shape index (κ2) is 7.45. The maximum atomic E-state index is 12.8. The van der Waals surface area contributed by atoms with E-state index in [1.165, 1.54) is 0 Å². The van der Waals surface area contributed by atoms with E-state index >= 15 is 0 Å². The van der Waals surface area contributed by atoms with Gasteiger partial charge in [-0.1, -0.05) is 42.5 Å². The van der Waals surface area contributed by atoms with Crippen LogP contribution in [-0.2, 0) is 16.1 Å². The molecule has 2 aromatic carbocycles. The molecule has 1 aliphatic heterocycles. The van der Waals surface area contributed by atoms with Crippen molar-refractivity contribution in [2.45, 2.75) is 19.4 Å². The Morgan fingerprint density at radius 3 is 2.75 bits per heavy atom. The van der Waals surface area contributed by atoms with E-state index in [4.69, 9.17) is 5.11 Å². The third-order valence-corrected chi connectivity index (χ3v) is 4.47. The molecule has 2 amide bonds. The zero-order valence-electron chi connectivity index (χ0n) is 13.6. The molecule has 1 atom stereocenters. The van der Waals surface area contributed by atoms with E-state index < -0.39 is 0 Å². The largest absolute Gasteiger partial charge is 0.396 e. The molecule has 2 N–H and O–H groups in total. The number of aliphatic hydroxyl groups is 1. The fourth-order valence-electron chi connectivity index (χ4n) is 3.20. The Morgan fingerprint density at radius 1 is 1.21 bits per heavy atom. The second-order valence-electron chi connectivity index (χ2n) is 6.18. The van der Waals surface area contributed by atoms with Gasteiger partial charge >= 0.3 is 0 Å². The number of rotatable bonds is 6. The highest BCUT2D eigenvalue weighted by Gasteiger charge is 2.31. The summed E-state index contributed by atoms with van der Waals surface area (Å²) in [5, 5.41) is 14.1. The summed E-state index contributed by atoms with van der Waals surface area (Å²) in [7, 11) is 0. The van der Waals surface area contributed by atoms with Crippen LogP contribution in [0.5, 0.6) is 0 Å². The summed E-state index contributed by atoms with van der Waals surface area (Å²) >= 11 is 0. The van der Waals surface area contributed by atoms with Gasteiger partial charge in [0.15, 0.2) is 0 Å². The van der Waals surface area contributed by atoms with E-state index in [1.54, 1.807) is 4.90 Å². The molecule has 5 heteroatoms. The lowest BCUT2D eigenvalue weighted by Gasteiger charge is -2.25. The Balaban J connectivity index is 1.83. The summed E-state index contributed by atoms with van der Waals surface area (Å²) in [6, 6.07) is 14.2. The molecule has 5 nitrogen and oxygen atoms in total. The Morgan fingerprint density at radius 2 is 2.00 bits per heavy atom. The van der Waals surface area contributed by atoms with Crippen LogP contribution in [0, 0.1) is 5.92 Å². The van der Waals surface area contributed by atoms with Crippen molar-refractivity contribution in [3.63, 3.8) is 0 Å². The third-order valence-electron chi connectivity index (χ3n) is 4.47. The van der Waals surface area contributed by atoms with Crippen molar-refractivity contribution in [1.82, 2.24) is 10.2 Å². The molecular formula is C19H22N2O3. The number of nitrogens with zero attached hydrogens (tertiary/aromatic N) is 1. The first kappa shape index (κ1) is 16.5. The van der Waals surface area contributed by atoms with E-state index in [0.717, 1.165) is 16.3 Å². The first-order valence-corrected chi connectivity index (χ1v) is 8.32. The van der Waals surface area contributed by atoms with Gasteiger partial charge in [-0.3, -0.25) is 9.59 Å². The Hall–Kier alpha value is -2.40. The van der Waals surface area contributed by atoms with Crippen LogP contribution in [-0.4, -0.2) is 41.5 Å². The first-order valence-electron chi connectivity index (χ1n) is 8.32. The maximum absolute atomic E-state index is 12.8. The molecule has 1 fully saturated rings. The highest BCUT2D eigenvalue weighted by Crippen LogP contribution is 2.22. The minimum atomic E-state index is -0.300. The number of hydrogen-bond acceptors (Lipinski definition) is 3. The Labute approximate surface area is 141 Å². The van der Waals surface area contributed by atoms with Gasteiger partial charge in [-0.05, 0) is 22.8 Å². The molecule has 0 aromatic heterocycles. The van der Waals surface area contributed by atoms with Gasteiger partial charge in [0, 0.05) is 32.7 Å². The zero-order chi connectivity index (χ0) is 16.9. The van der Waals surface area contributed by atoms with Crippen LogP contribution in [0.2, 0.25) is 0 Å². The topological polar surface area (TPSA) is 69.6 Å². The van der Waals surface area contributed by atoms with Gasteiger partial charge in [0.1, 0.15) is 0 Å². The number of carbonyl (C=O) groups is 2. The van der Waals surface area contributed by atoms with Crippen molar-refractivity contribution in [3.05, 3.63) is 48.0 Å². The standard InChI is InChI=1S/C19H22N2O3/c22-10-4-9-21(19(24)16-11-18(23)20-12-16)13-15-7-3-6-14-5-1-2-8-17(14)15/h1-3,5-8,16,22H,4,9-13H2,(H,20,23). The SMILES string of the molecule is O=C1CC(C(=O)N(CCCO)Cc2cccc3ccccc23)CN1. The molecule has 0 spiro atoms. The van der Waals surface area contributed by atoms with E-state index in [-0.39, 0.29) is 30.8 Å². The van der Waals surface area contributed by atoms with Crippen LogP contribution in [0.15, 0.2) is 42.5 Å². The summed E-state index contributed by atoms with van der Waals surface area (Å²) in [5.74, 6) is -0.387. The highest BCUT2D eigenvalue weighted by molar-refractivity contribution is 5.90. The number of aliphatic hydroxyl groups excluding tert-OH is 1. The van der Waals surface area contributed by atoms with Crippen molar-refractivity contribution < 1.29 is 14.7 Å². The number of amides is 2.